The van der Waals surface area contributed by atoms with Gasteiger partial charge in [-0.2, -0.15) is 0 Å². The molecule has 0 heterocycles. The van der Waals surface area contributed by atoms with Gasteiger partial charge >= 0.3 is 0 Å². The molecule has 0 radical (unpaired) electrons. The molecule has 1 aromatic carbocycles. The van der Waals surface area contributed by atoms with E-state index in [1.165, 1.54) is 6.92 Å². The third kappa shape index (κ3) is 5.00. The predicted molar refractivity (Wildman–Crippen MR) is 91.3 cm³/mol. The lowest BCUT2D eigenvalue weighted by atomic mass is 9.85. The van der Waals surface area contributed by atoms with Crippen LogP contribution in [-0.4, -0.2) is 17.9 Å². The number of nitrogens with one attached hydrogen (secondary N) is 2. The molecule has 0 aliphatic heterocycles. The molecule has 22 heavy (non-hydrogen) atoms. The summed E-state index contributed by atoms with van der Waals surface area (Å²) in [5, 5.41) is 5.68. The number of hydrogen-bond acceptors (Lipinski definition) is 3. The van der Waals surface area contributed by atoms with E-state index in [9.17, 15) is 9.59 Å². The first-order valence-corrected chi connectivity index (χ1v) is 7.40. The molecule has 1 aromatic rings. The van der Waals surface area contributed by atoms with Crippen LogP contribution in [0.1, 0.15) is 38.2 Å². The lowest BCUT2D eigenvalue weighted by molar-refractivity contribution is -0.121. The van der Waals surface area contributed by atoms with Gasteiger partial charge in [0.15, 0.2) is 0 Å². The third-order valence-corrected chi connectivity index (χ3v) is 3.83. The molecule has 0 saturated heterocycles. The number of halogens is 1. The highest BCUT2D eigenvalue weighted by Crippen LogP contribution is 2.27. The number of rotatable bonds is 3. The van der Waals surface area contributed by atoms with E-state index < -0.39 is 0 Å². The molecular weight excluding hydrogens is 302 g/mol. The van der Waals surface area contributed by atoms with Crippen molar-refractivity contribution in [3.8, 4) is 0 Å². The predicted octanol–water partition coefficient (Wildman–Crippen LogP) is 2.83. The normalized spacial score (nSPS) is 20.7. The summed E-state index contributed by atoms with van der Waals surface area (Å²) in [4.78, 5) is 23.6. The second-order valence-corrected chi connectivity index (χ2v) is 5.84. The van der Waals surface area contributed by atoms with Gasteiger partial charge in [0, 0.05) is 18.9 Å². The van der Waals surface area contributed by atoms with Crippen molar-refractivity contribution < 1.29 is 9.59 Å². The highest BCUT2D eigenvalue weighted by atomic mass is 35.5. The van der Waals surface area contributed by atoms with E-state index in [0.717, 1.165) is 31.2 Å². The number of amides is 2. The standard InChI is InChI=1S/C16H23N3O2.ClH/c1-10-6-7-14(18-11(2)20)15(8-10)19-16(21)12-4-3-5-13(17)9-12;/h6-8,12-13H,3-5,9,17H2,1-2H3,(H,18,20)(H,19,21);1H. The van der Waals surface area contributed by atoms with Crippen LogP contribution >= 0.6 is 12.4 Å². The van der Waals surface area contributed by atoms with E-state index in [1.807, 2.05) is 19.1 Å². The molecule has 6 heteroatoms. The van der Waals surface area contributed by atoms with Gasteiger partial charge in [0.05, 0.1) is 11.4 Å². The fourth-order valence-corrected chi connectivity index (χ4v) is 2.76. The average Bonchev–Trinajstić information content (AvgIpc) is 2.41. The summed E-state index contributed by atoms with van der Waals surface area (Å²) in [7, 11) is 0. The molecule has 1 aliphatic carbocycles. The maximum Gasteiger partial charge on any atom is 0.227 e. The van der Waals surface area contributed by atoms with E-state index in [4.69, 9.17) is 5.73 Å². The van der Waals surface area contributed by atoms with Gasteiger partial charge in [0.2, 0.25) is 11.8 Å². The van der Waals surface area contributed by atoms with Crippen LogP contribution in [0.25, 0.3) is 0 Å². The Hall–Kier alpha value is -1.59. The molecule has 0 spiro atoms. The van der Waals surface area contributed by atoms with Gasteiger partial charge in [-0.3, -0.25) is 9.59 Å². The van der Waals surface area contributed by atoms with Crippen LogP contribution in [0.2, 0.25) is 0 Å². The van der Waals surface area contributed by atoms with Crippen LogP contribution in [0.3, 0.4) is 0 Å². The van der Waals surface area contributed by atoms with Crippen molar-refractivity contribution in [3.63, 3.8) is 0 Å². The molecule has 0 bridgehead atoms. The van der Waals surface area contributed by atoms with Crippen LogP contribution in [0.5, 0.6) is 0 Å². The lowest BCUT2D eigenvalue weighted by Gasteiger charge is -2.26. The molecule has 1 saturated carbocycles. The number of carbonyl (C=O) groups is 2. The number of aryl methyl sites for hydroxylation is 1. The topological polar surface area (TPSA) is 84.2 Å². The number of anilines is 2. The van der Waals surface area contributed by atoms with E-state index in [2.05, 4.69) is 10.6 Å². The highest BCUT2D eigenvalue weighted by Gasteiger charge is 2.25. The van der Waals surface area contributed by atoms with E-state index in [1.54, 1.807) is 6.07 Å². The summed E-state index contributed by atoms with van der Waals surface area (Å²) in [5.41, 5.74) is 8.24. The second kappa shape index (κ2) is 8.15. The van der Waals surface area contributed by atoms with Crippen LogP contribution < -0.4 is 16.4 Å². The number of nitrogens with two attached hydrogens (primary N) is 1. The molecule has 4 N–H and O–H groups in total. The van der Waals surface area contributed by atoms with Crippen LogP contribution in [0.4, 0.5) is 11.4 Å². The van der Waals surface area contributed by atoms with E-state index in [0.29, 0.717) is 11.4 Å². The van der Waals surface area contributed by atoms with Gasteiger partial charge < -0.3 is 16.4 Å². The van der Waals surface area contributed by atoms with Gasteiger partial charge in [-0.05, 0) is 43.9 Å². The Morgan fingerprint density at radius 1 is 1.18 bits per heavy atom. The zero-order valence-electron chi connectivity index (χ0n) is 13.0. The minimum atomic E-state index is -0.158. The Balaban J connectivity index is 0.00000242. The van der Waals surface area contributed by atoms with Crippen molar-refractivity contribution in [3.05, 3.63) is 23.8 Å². The average molecular weight is 326 g/mol. The Bertz CT molecular complexity index is 548. The first-order chi connectivity index (χ1) is 9.95. The molecule has 2 rings (SSSR count). The van der Waals surface area contributed by atoms with Crippen molar-refractivity contribution in [2.45, 2.75) is 45.6 Å². The summed E-state index contributed by atoms with van der Waals surface area (Å²) in [6.45, 7) is 3.40. The minimum absolute atomic E-state index is 0. The van der Waals surface area contributed by atoms with Gasteiger partial charge in [-0.15, -0.1) is 12.4 Å². The smallest absolute Gasteiger partial charge is 0.227 e. The Labute approximate surface area is 137 Å². The summed E-state index contributed by atoms with van der Waals surface area (Å²) >= 11 is 0. The first kappa shape index (κ1) is 18.5. The fourth-order valence-electron chi connectivity index (χ4n) is 2.76. The number of benzene rings is 1. The van der Waals surface area contributed by atoms with Crippen LogP contribution in [-0.2, 0) is 9.59 Å². The van der Waals surface area contributed by atoms with E-state index in [-0.39, 0.29) is 36.2 Å². The molecule has 5 nitrogen and oxygen atoms in total. The molecule has 2 amide bonds. The Morgan fingerprint density at radius 3 is 2.55 bits per heavy atom. The molecular formula is C16H24ClN3O2. The summed E-state index contributed by atoms with van der Waals surface area (Å²) < 4.78 is 0. The minimum Gasteiger partial charge on any atom is -0.328 e. The zero-order valence-corrected chi connectivity index (χ0v) is 13.8. The van der Waals surface area contributed by atoms with Crippen molar-refractivity contribution in [2.75, 3.05) is 10.6 Å². The van der Waals surface area contributed by atoms with Crippen LogP contribution in [0.15, 0.2) is 18.2 Å². The first-order valence-electron chi connectivity index (χ1n) is 7.40. The van der Waals surface area contributed by atoms with Gasteiger partial charge in [-0.1, -0.05) is 12.5 Å². The summed E-state index contributed by atoms with van der Waals surface area (Å²) in [5.74, 6) is -0.212. The Morgan fingerprint density at radius 2 is 1.91 bits per heavy atom. The molecule has 2 atom stereocenters. The second-order valence-electron chi connectivity index (χ2n) is 5.84. The van der Waals surface area contributed by atoms with Crippen molar-refractivity contribution in [1.82, 2.24) is 0 Å². The van der Waals surface area contributed by atoms with Crippen molar-refractivity contribution in [1.29, 1.82) is 0 Å². The molecule has 2 unspecified atom stereocenters. The SMILES string of the molecule is CC(=O)Nc1ccc(C)cc1NC(=O)C1CCCC(N)C1.Cl. The highest BCUT2D eigenvalue weighted by molar-refractivity contribution is 5.99. The summed E-state index contributed by atoms with van der Waals surface area (Å²) in [6, 6.07) is 5.68. The molecule has 1 fully saturated rings. The van der Waals surface area contributed by atoms with Gasteiger partial charge in [0.25, 0.3) is 0 Å². The monoisotopic (exact) mass is 325 g/mol. The quantitative estimate of drug-likeness (QED) is 0.799. The number of hydrogen-bond donors (Lipinski definition) is 3. The van der Waals surface area contributed by atoms with Crippen molar-refractivity contribution in [2.24, 2.45) is 11.7 Å². The van der Waals surface area contributed by atoms with E-state index >= 15 is 0 Å². The maximum atomic E-state index is 12.4. The molecule has 1 aliphatic rings. The molecule has 122 valence electrons. The lowest BCUT2D eigenvalue weighted by Crippen LogP contribution is -2.34. The van der Waals surface area contributed by atoms with Gasteiger partial charge in [0.1, 0.15) is 0 Å². The van der Waals surface area contributed by atoms with Gasteiger partial charge in [-0.25, -0.2) is 0 Å². The Kier molecular flexibility index (Phi) is 6.84. The molecule has 0 aromatic heterocycles. The fraction of sp³-hybridized carbons (Fsp3) is 0.500. The third-order valence-electron chi connectivity index (χ3n) is 3.83. The summed E-state index contributed by atoms with van der Waals surface area (Å²) in [6.07, 6.45) is 3.59. The largest absolute Gasteiger partial charge is 0.328 e. The number of carbonyl (C=O) groups excluding carboxylic acids is 2. The zero-order chi connectivity index (χ0) is 15.4. The van der Waals surface area contributed by atoms with Crippen LogP contribution in [0, 0.1) is 12.8 Å². The maximum absolute atomic E-state index is 12.4. The van der Waals surface area contributed by atoms with Crippen molar-refractivity contribution >= 4 is 35.6 Å².